The van der Waals surface area contributed by atoms with Gasteiger partial charge in [-0.2, -0.15) is 5.10 Å². The average molecular weight is 652 g/mol. The number of fused-ring (bicyclic) bond motifs is 1. The molecule has 0 bridgehead atoms. The van der Waals surface area contributed by atoms with Gasteiger partial charge in [-0.05, 0) is 48.0 Å². The molecule has 0 fully saturated rings. The summed E-state index contributed by atoms with van der Waals surface area (Å²) < 4.78 is 15.6. The van der Waals surface area contributed by atoms with Crippen molar-refractivity contribution in [2.75, 3.05) is 17.3 Å². The van der Waals surface area contributed by atoms with E-state index in [1.54, 1.807) is 40.9 Å². The van der Waals surface area contributed by atoms with Crippen molar-refractivity contribution in [3.05, 3.63) is 115 Å². The molecular weight excluding hydrogens is 619 g/mol. The van der Waals surface area contributed by atoms with Gasteiger partial charge in [-0.1, -0.05) is 74.1 Å². The smallest absolute Gasteiger partial charge is 0.320 e. The number of carbonyl (C=O) groups is 1. The fraction of sp³-hybridized carbons (Fsp3) is 0.176. The number of hydrogen-bond donors (Lipinski definition) is 3. The van der Waals surface area contributed by atoms with Crippen LogP contribution in [0.15, 0.2) is 113 Å². The maximum atomic E-state index is 13.2. The fourth-order valence-corrected chi connectivity index (χ4v) is 7.27. The zero-order chi connectivity index (χ0) is 32.3. The molecule has 0 saturated carbocycles. The third-order valence-corrected chi connectivity index (χ3v) is 9.59. The van der Waals surface area contributed by atoms with Gasteiger partial charge in [0, 0.05) is 56.8 Å². The zero-order valence-corrected chi connectivity index (χ0v) is 27.2. The minimum atomic E-state index is -1.01. The van der Waals surface area contributed by atoms with Crippen LogP contribution in [0.2, 0.25) is 0 Å². The number of phenols is 1. The summed E-state index contributed by atoms with van der Waals surface area (Å²) in [6.45, 7) is 4.29. The Kier molecular flexibility index (Phi) is 8.91. The Morgan fingerprint density at radius 2 is 1.70 bits per heavy atom. The SMILES string of the molecule is CS(=O)CC(C)(C)c1cc(NC(=O)NCc2ccccc2Sc2ccc3nnc(-c4ccccc4O)n3c2)n(-c2ccccc2)n1. The van der Waals surface area contributed by atoms with Crippen LogP contribution < -0.4 is 10.6 Å². The van der Waals surface area contributed by atoms with Gasteiger partial charge < -0.3 is 10.4 Å². The number of pyridine rings is 1. The molecule has 12 heteroatoms. The van der Waals surface area contributed by atoms with Crippen molar-refractivity contribution in [3.8, 4) is 22.8 Å². The van der Waals surface area contributed by atoms with Gasteiger partial charge in [0.15, 0.2) is 11.5 Å². The van der Waals surface area contributed by atoms with Gasteiger partial charge in [0.1, 0.15) is 11.6 Å². The first kappa shape index (κ1) is 31.1. The molecule has 46 heavy (non-hydrogen) atoms. The normalized spacial score (nSPS) is 12.2. The van der Waals surface area contributed by atoms with Gasteiger partial charge in [-0.25, -0.2) is 9.48 Å². The number of anilines is 1. The number of hydrogen-bond acceptors (Lipinski definition) is 7. The zero-order valence-electron chi connectivity index (χ0n) is 25.5. The summed E-state index contributed by atoms with van der Waals surface area (Å²) in [7, 11) is -1.01. The maximum absolute atomic E-state index is 13.2. The number of rotatable bonds is 10. The largest absolute Gasteiger partial charge is 0.507 e. The summed E-state index contributed by atoms with van der Waals surface area (Å²) in [4.78, 5) is 15.2. The Morgan fingerprint density at radius 1 is 0.957 bits per heavy atom. The number of amides is 2. The molecule has 0 saturated heterocycles. The summed E-state index contributed by atoms with van der Waals surface area (Å²) in [5.74, 6) is 1.64. The van der Waals surface area contributed by atoms with Crippen LogP contribution in [0.25, 0.3) is 22.7 Å². The molecule has 0 aliphatic carbocycles. The second-order valence-corrected chi connectivity index (χ2v) is 14.0. The number of carbonyl (C=O) groups excluding carboxylic acids is 1. The van der Waals surface area contributed by atoms with E-state index in [9.17, 15) is 14.1 Å². The highest BCUT2D eigenvalue weighted by molar-refractivity contribution is 7.99. The third kappa shape index (κ3) is 6.82. The van der Waals surface area contributed by atoms with Crippen molar-refractivity contribution in [2.45, 2.75) is 35.6 Å². The number of phenolic OH excluding ortho intramolecular Hbond substituents is 1. The van der Waals surface area contributed by atoms with Crippen LogP contribution in [-0.2, 0) is 22.8 Å². The number of nitrogens with one attached hydrogen (secondary N) is 2. The summed E-state index contributed by atoms with van der Waals surface area (Å²) in [5, 5.41) is 29.7. The van der Waals surface area contributed by atoms with Crippen molar-refractivity contribution >= 4 is 40.1 Å². The van der Waals surface area contributed by atoms with E-state index in [2.05, 4.69) is 20.8 Å². The lowest BCUT2D eigenvalue weighted by atomic mass is 9.92. The Morgan fingerprint density at radius 3 is 2.48 bits per heavy atom. The van der Waals surface area contributed by atoms with Gasteiger partial charge in [-0.15, -0.1) is 10.2 Å². The average Bonchev–Trinajstić information content (AvgIpc) is 3.66. The third-order valence-electron chi connectivity index (χ3n) is 7.37. The highest BCUT2D eigenvalue weighted by Crippen LogP contribution is 2.33. The number of aromatic nitrogens is 5. The molecule has 1 atom stereocenters. The van der Waals surface area contributed by atoms with E-state index in [4.69, 9.17) is 5.10 Å². The monoisotopic (exact) mass is 651 g/mol. The molecule has 234 valence electrons. The van der Waals surface area contributed by atoms with E-state index in [0.717, 1.165) is 26.7 Å². The van der Waals surface area contributed by atoms with Crippen LogP contribution in [0.3, 0.4) is 0 Å². The summed E-state index contributed by atoms with van der Waals surface area (Å²) >= 11 is 1.56. The van der Waals surface area contributed by atoms with E-state index in [1.165, 1.54) is 0 Å². The predicted octanol–water partition coefficient (Wildman–Crippen LogP) is 6.42. The topological polar surface area (TPSA) is 126 Å². The van der Waals surface area contributed by atoms with E-state index in [1.807, 2.05) is 103 Å². The number of benzene rings is 3. The molecule has 6 aromatic rings. The molecular formula is C34H33N7O3S2. The lowest BCUT2D eigenvalue weighted by Gasteiger charge is -2.20. The van der Waals surface area contributed by atoms with Crippen molar-refractivity contribution in [3.63, 3.8) is 0 Å². The molecule has 6 rings (SSSR count). The van der Waals surface area contributed by atoms with Crippen LogP contribution in [0, 0.1) is 0 Å². The van der Waals surface area contributed by atoms with E-state index < -0.39 is 16.2 Å². The minimum absolute atomic E-state index is 0.133. The lowest BCUT2D eigenvalue weighted by molar-refractivity contribution is 0.251. The second-order valence-electron chi connectivity index (χ2n) is 11.4. The van der Waals surface area contributed by atoms with E-state index in [-0.39, 0.29) is 11.8 Å². The molecule has 10 nitrogen and oxygen atoms in total. The molecule has 0 spiro atoms. The van der Waals surface area contributed by atoms with E-state index in [0.29, 0.717) is 35.2 Å². The van der Waals surface area contributed by atoms with Crippen LogP contribution >= 0.6 is 11.8 Å². The summed E-state index contributed by atoms with van der Waals surface area (Å²) in [6.07, 6.45) is 3.62. The van der Waals surface area contributed by atoms with Crippen molar-refractivity contribution in [1.29, 1.82) is 0 Å². The molecule has 1 unspecified atom stereocenters. The molecule has 3 N–H and O–H groups in total. The van der Waals surface area contributed by atoms with Crippen LogP contribution in [0.1, 0.15) is 25.1 Å². The Bertz CT molecular complexity index is 2040. The van der Waals surface area contributed by atoms with Gasteiger partial charge in [0.2, 0.25) is 0 Å². The highest BCUT2D eigenvalue weighted by atomic mass is 32.2. The number of para-hydroxylation sites is 2. The minimum Gasteiger partial charge on any atom is -0.507 e. The number of nitrogens with zero attached hydrogens (tertiary/aromatic N) is 5. The van der Waals surface area contributed by atoms with Crippen molar-refractivity contribution in [1.82, 2.24) is 29.7 Å². The first-order valence-electron chi connectivity index (χ1n) is 14.6. The molecule has 2 amide bonds. The highest BCUT2D eigenvalue weighted by Gasteiger charge is 2.27. The molecule has 0 radical (unpaired) electrons. The van der Waals surface area contributed by atoms with Crippen molar-refractivity contribution in [2.24, 2.45) is 0 Å². The summed E-state index contributed by atoms with van der Waals surface area (Å²) in [6, 6.07) is 29.8. The molecule has 0 aliphatic rings. The second kappa shape index (κ2) is 13.2. The fourth-order valence-electron chi connectivity index (χ4n) is 5.14. The first-order valence-corrected chi connectivity index (χ1v) is 17.1. The van der Waals surface area contributed by atoms with Gasteiger partial charge in [0.05, 0.1) is 16.9 Å². The molecule has 3 heterocycles. The Balaban J connectivity index is 1.20. The maximum Gasteiger partial charge on any atom is 0.320 e. The number of urea groups is 1. The standard InChI is InChI=1S/C34H33N7O3S2/c1-34(2,22-46(3)44)29-19-31(41(39-29)24-12-5-4-6-13-24)36-33(43)35-20-23-11-7-10-16-28(23)45-25-17-18-30-37-38-32(40(30)21-25)26-14-8-9-15-27(26)42/h4-19,21,42H,20,22H2,1-3H3,(H2,35,36,43). The predicted molar refractivity (Wildman–Crippen MR) is 182 cm³/mol. The lowest BCUT2D eigenvalue weighted by Crippen LogP contribution is -2.29. The van der Waals surface area contributed by atoms with E-state index >= 15 is 0 Å². The van der Waals surface area contributed by atoms with Crippen molar-refractivity contribution < 1.29 is 14.1 Å². The quantitative estimate of drug-likeness (QED) is 0.156. The van der Waals surface area contributed by atoms with Gasteiger partial charge in [-0.3, -0.25) is 13.9 Å². The number of aromatic hydroxyl groups is 1. The molecule has 0 aliphatic heterocycles. The van der Waals surface area contributed by atoms with Crippen LogP contribution in [0.4, 0.5) is 10.6 Å². The Labute approximate surface area is 273 Å². The first-order chi connectivity index (χ1) is 22.2. The molecule has 3 aromatic heterocycles. The van der Waals surface area contributed by atoms with Crippen LogP contribution in [0.5, 0.6) is 5.75 Å². The van der Waals surface area contributed by atoms with Gasteiger partial charge in [0.25, 0.3) is 0 Å². The molecule has 3 aromatic carbocycles. The Hall–Kier alpha value is -4.94. The van der Waals surface area contributed by atoms with Gasteiger partial charge >= 0.3 is 6.03 Å². The van der Waals surface area contributed by atoms with Crippen LogP contribution in [-0.4, -0.2) is 51.7 Å². The summed E-state index contributed by atoms with van der Waals surface area (Å²) in [5.41, 5.74) is 3.28.